The van der Waals surface area contributed by atoms with Crippen LogP contribution in [0, 0.1) is 0 Å². The van der Waals surface area contributed by atoms with Crippen LogP contribution in [0.2, 0.25) is 0 Å². The van der Waals surface area contributed by atoms with E-state index in [0.29, 0.717) is 0 Å². The van der Waals surface area contributed by atoms with Gasteiger partial charge in [-0.2, -0.15) is 0 Å². The molecule has 7 aromatic carbocycles. The molecule has 0 unspecified atom stereocenters. The molecule has 0 radical (unpaired) electrons. The number of aromatic nitrogens is 4. The van der Waals surface area contributed by atoms with Gasteiger partial charge in [-0.15, -0.1) is 11.3 Å². The Morgan fingerprint density at radius 2 is 1.33 bits per heavy atom. The highest BCUT2D eigenvalue weighted by molar-refractivity contribution is 8.00. The summed E-state index contributed by atoms with van der Waals surface area (Å²) in [5, 5.41) is 7.38. The fourth-order valence-corrected chi connectivity index (χ4v) is 10.6. The van der Waals surface area contributed by atoms with Crippen molar-refractivity contribution in [3.8, 4) is 34.0 Å². The van der Waals surface area contributed by atoms with Crippen LogP contribution in [0.4, 0.5) is 0 Å². The third-order valence-corrected chi connectivity index (χ3v) is 12.8. The van der Waals surface area contributed by atoms with Crippen LogP contribution in [-0.4, -0.2) is 19.1 Å². The summed E-state index contributed by atoms with van der Waals surface area (Å²) in [4.78, 5) is 13.3. The highest BCUT2D eigenvalue weighted by Crippen LogP contribution is 2.52. The Balaban J connectivity index is 1.17. The summed E-state index contributed by atoms with van der Waals surface area (Å²) in [6.07, 6.45) is 0. The fourth-order valence-electron chi connectivity index (χ4n) is 8.26. The monoisotopic (exact) mass is 698 g/mol. The molecule has 0 spiro atoms. The normalized spacial score (nSPS) is 12.5. The molecule has 0 aliphatic carbocycles. The van der Waals surface area contributed by atoms with Gasteiger partial charge in [0.15, 0.2) is 5.82 Å². The maximum absolute atomic E-state index is 5.48. The zero-order valence-corrected chi connectivity index (χ0v) is 29.2. The van der Waals surface area contributed by atoms with Gasteiger partial charge in [-0.25, -0.2) is 9.97 Å². The highest BCUT2D eigenvalue weighted by Gasteiger charge is 2.30. The van der Waals surface area contributed by atoms with Crippen molar-refractivity contribution in [2.24, 2.45) is 0 Å². The first-order valence-corrected chi connectivity index (χ1v) is 19.1. The van der Waals surface area contributed by atoms with Crippen LogP contribution in [0.3, 0.4) is 0 Å². The molecule has 1 aliphatic rings. The van der Waals surface area contributed by atoms with Crippen LogP contribution in [0.1, 0.15) is 0 Å². The Hall–Kier alpha value is -6.21. The van der Waals surface area contributed by atoms with Crippen molar-refractivity contribution in [1.82, 2.24) is 19.1 Å². The first kappa shape index (κ1) is 28.5. The molecule has 6 heteroatoms. The molecule has 242 valence electrons. The summed E-state index contributed by atoms with van der Waals surface area (Å²) in [6, 6.07) is 56.7. The van der Waals surface area contributed by atoms with Crippen LogP contribution in [-0.2, 0) is 0 Å². The molecule has 0 saturated carbocycles. The van der Waals surface area contributed by atoms with Crippen molar-refractivity contribution in [3.63, 3.8) is 0 Å². The Morgan fingerprint density at radius 3 is 2.25 bits per heavy atom. The quantitative estimate of drug-likeness (QED) is 0.184. The van der Waals surface area contributed by atoms with Gasteiger partial charge in [0.25, 0.3) is 0 Å². The summed E-state index contributed by atoms with van der Waals surface area (Å²) < 4.78 is 7.25. The Morgan fingerprint density at radius 1 is 0.558 bits per heavy atom. The third-order valence-electron chi connectivity index (χ3n) is 10.5. The molecule has 0 N–H and O–H groups in total. The van der Waals surface area contributed by atoms with Gasteiger partial charge in [0.2, 0.25) is 0 Å². The summed E-state index contributed by atoms with van der Waals surface area (Å²) in [6.45, 7) is 0. The van der Waals surface area contributed by atoms with Gasteiger partial charge in [-0.05, 0) is 59.3 Å². The lowest BCUT2D eigenvalue weighted by molar-refractivity contribution is 1.02. The minimum Gasteiger partial charge on any atom is -0.295 e. The summed E-state index contributed by atoms with van der Waals surface area (Å²) in [7, 11) is 0. The van der Waals surface area contributed by atoms with Crippen molar-refractivity contribution >= 4 is 87.0 Å². The van der Waals surface area contributed by atoms with Gasteiger partial charge in [0, 0.05) is 52.9 Å². The van der Waals surface area contributed by atoms with Gasteiger partial charge in [-0.3, -0.25) is 9.13 Å². The van der Waals surface area contributed by atoms with Crippen molar-refractivity contribution in [2.75, 3.05) is 0 Å². The van der Waals surface area contributed by atoms with Crippen molar-refractivity contribution in [1.29, 1.82) is 0 Å². The highest BCUT2D eigenvalue weighted by atomic mass is 32.2. The van der Waals surface area contributed by atoms with E-state index in [2.05, 4.69) is 167 Å². The topological polar surface area (TPSA) is 35.6 Å². The summed E-state index contributed by atoms with van der Waals surface area (Å²) >= 11 is 3.60. The lowest BCUT2D eigenvalue weighted by Gasteiger charge is -2.23. The molecule has 1 aliphatic heterocycles. The zero-order valence-electron chi connectivity index (χ0n) is 27.6. The second-order valence-corrected chi connectivity index (χ2v) is 15.5. The Bertz CT molecular complexity index is 3280. The predicted molar refractivity (Wildman–Crippen MR) is 219 cm³/mol. The summed E-state index contributed by atoms with van der Waals surface area (Å²) in [5.74, 6) is 0.742. The van der Waals surface area contributed by atoms with E-state index in [4.69, 9.17) is 9.97 Å². The fraction of sp³-hybridized carbons (Fsp3) is 0. The minimum atomic E-state index is 0.742. The standard InChI is InChI=1S/C46H26N4S2/c1-2-14-30(15-3-1)49-35-20-8-6-16-31(35)39-33-18-11-23-38-42(33)50(46(39)49)36-21-10-19-34(43(36)52-38)45-47-40(29-25-24-27-12-4-5-13-28(27)26-29)44-41(48-45)32-17-7-9-22-37(32)51-44/h1-26H. The Kier molecular flexibility index (Phi) is 5.84. The number of hydrogen-bond acceptors (Lipinski definition) is 4. The van der Waals surface area contributed by atoms with Crippen molar-refractivity contribution < 1.29 is 0 Å². The van der Waals surface area contributed by atoms with E-state index in [1.165, 1.54) is 53.2 Å². The SMILES string of the molecule is c1ccc(-n2c3ccccc3c3c4cccc5c4n(c32)-c2cccc(-c3nc(-c4ccc6ccccc6c4)c4sc6ccccc6c4n3)c2S5)cc1. The van der Waals surface area contributed by atoms with E-state index in [0.717, 1.165) is 54.5 Å². The molecular formula is C46H26N4S2. The third kappa shape index (κ3) is 3.88. The number of nitrogens with zero attached hydrogens (tertiary/aromatic N) is 4. The largest absolute Gasteiger partial charge is 0.295 e. The molecule has 0 saturated heterocycles. The predicted octanol–water partition coefficient (Wildman–Crippen LogP) is 12.8. The van der Waals surface area contributed by atoms with Gasteiger partial charge in [0.1, 0.15) is 5.65 Å². The lowest BCUT2D eigenvalue weighted by Crippen LogP contribution is -2.07. The lowest BCUT2D eigenvalue weighted by atomic mass is 10.0. The number of hydrogen-bond donors (Lipinski definition) is 0. The molecule has 0 fully saturated rings. The molecular weight excluding hydrogens is 673 g/mol. The zero-order chi connectivity index (χ0) is 33.9. The molecule has 4 nitrogen and oxygen atoms in total. The van der Waals surface area contributed by atoms with E-state index in [9.17, 15) is 0 Å². The molecule has 12 rings (SSSR count). The molecule has 52 heavy (non-hydrogen) atoms. The van der Waals surface area contributed by atoms with Gasteiger partial charge in [-0.1, -0.05) is 121 Å². The summed E-state index contributed by atoms with van der Waals surface area (Å²) in [5.41, 5.74) is 10.0. The van der Waals surface area contributed by atoms with E-state index in [-0.39, 0.29) is 0 Å². The van der Waals surface area contributed by atoms with Crippen LogP contribution < -0.4 is 0 Å². The van der Waals surface area contributed by atoms with Crippen LogP contribution >= 0.6 is 23.1 Å². The number of benzene rings is 7. The molecule has 4 aromatic heterocycles. The second-order valence-electron chi connectivity index (χ2n) is 13.4. The van der Waals surface area contributed by atoms with E-state index < -0.39 is 0 Å². The van der Waals surface area contributed by atoms with Crippen molar-refractivity contribution in [3.05, 3.63) is 158 Å². The van der Waals surface area contributed by atoms with Crippen LogP contribution in [0.5, 0.6) is 0 Å². The first-order chi connectivity index (χ1) is 25.8. The van der Waals surface area contributed by atoms with Crippen LogP contribution in [0.15, 0.2) is 168 Å². The minimum absolute atomic E-state index is 0.742. The van der Waals surface area contributed by atoms with E-state index >= 15 is 0 Å². The smallest absolute Gasteiger partial charge is 0.161 e. The first-order valence-electron chi connectivity index (χ1n) is 17.4. The molecule has 0 atom stereocenters. The average Bonchev–Trinajstić information content (AvgIpc) is 3.86. The molecule has 0 bridgehead atoms. The average molecular weight is 699 g/mol. The van der Waals surface area contributed by atoms with Crippen LogP contribution in [0.25, 0.3) is 97.9 Å². The molecule has 11 aromatic rings. The maximum atomic E-state index is 5.48. The number of fused-ring (bicyclic) bond motifs is 11. The number of rotatable bonds is 3. The van der Waals surface area contributed by atoms with E-state index in [1.807, 2.05) is 11.8 Å². The number of para-hydroxylation sites is 3. The van der Waals surface area contributed by atoms with Gasteiger partial charge in [0.05, 0.1) is 32.6 Å². The molecule has 5 heterocycles. The maximum Gasteiger partial charge on any atom is 0.161 e. The van der Waals surface area contributed by atoms with Gasteiger partial charge < -0.3 is 0 Å². The van der Waals surface area contributed by atoms with E-state index in [1.54, 1.807) is 11.3 Å². The van der Waals surface area contributed by atoms with Crippen molar-refractivity contribution in [2.45, 2.75) is 9.79 Å². The second kappa shape index (κ2) is 10.7. The molecule has 0 amide bonds. The number of thiophene rings is 1. The Labute approximate surface area is 306 Å². The van der Waals surface area contributed by atoms with Gasteiger partial charge >= 0.3 is 0 Å².